The van der Waals surface area contributed by atoms with Crippen LogP contribution in [0.1, 0.15) is 31.4 Å². The molecule has 0 aliphatic carbocycles. The molecule has 0 bridgehead atoms. The molecule has 1 atom stereocenters. The third-order valence-electron chi connectivity index (χ3n) is 3.73. The van der Waals surface area contributed by atoms with E-state index in [1.54, 1.807) is 22.9 Å². The fourth-order valence-corrected chi connectivity index (χ4v) is 4.05. The second-order valence-electron chi connectivity index (χ2n) is 6.05. The quantitative estimate of drug-likeness (QED) is 0.848. The molecule has 1 aliphatic heterocycles. The zero-order chi connectivity index (χ0) is 16.6. The van der Waals surface area contributed by atoms with E-state index < -0.39 is 9.84 Å². The van der Waals surface area contributed by atoms with Crippen LogP contribution < -0.4 is 0 Å². The SMILES string of the molecule is CC(C)c1nc(C[C@H]2C=CS(=O)(=O)C2)n(-c2ccc(Cl)cc2)n1. The molecule has 1 aromatic heterocycles. The van der Waals surface area contributed by atoms with Gasteiger partial charge in [-0.15, -0.1) is 0 Å². The van der Waals surface area contributed by atoms with Gasteiger partial charge in [-0.3, -0.25) is 0 Å². The summed E-state index contributed by atoms with van der Waals surface area (Å²) >= 11 is 5.94. The standard InChI is InChI=1S/C16H18ClN3O2S/c1-11(2)16-18-15(9-12-7-8-23(21,22)10-12)20(19-16)14-5-3-13(17)4-6-14/h3-8,11-12H,9-10H2,1-2H3/t12-/m1/s1. The van der Waals surface area contributed by atoms with Gasteiger partial charge in [0.1, 0.15) is 5.82 Å². The second kappa shape index (κ2) is 6.09. The lowest BCUT2D eigenvalue weighted by Crippen LogP contribution is -2.12. The molecule has 23 heavy (non-hydrogen) atoms. The van der Waals surface area contributed by atoms with Crippen molar-refractivity contribution >= 4 is 21.4 Å². The van der Waals surface area contributed by atoms with Gasteiger partial charge >= 0.3 is 0 Å². The average Bonchev–Trinajstić information content (AvgIpc) is 3.04. The highest BCUT2D eigenvalue weighted by Gasteiger charge is 2.25. The Hall–Kier alpha value is -1.66. The maximum atomic E-state index is 11.6. The minimum absolute atomic E-state index is 0.0599. The lowest BCUT2D eigenvalue weighted by atomic mass is 10.1. The van der Waals surface area contributed by atoms with Crippen LogP contribution in [0.25, 0.3) is 5.69 Å². The number of allylic oxidation sites excluding steroid dienone is 1. The maximum absolute atomic E-state index is 11.6. The number of aromatic nitrogens is 3. The van der Waals surface area contributed by atoms with E-state index in [4.69, 9.17) is 11.6 Å². The summed E-state index contributed by atoms with van der Waals surface area (Å²) in [6, 6.07) is 7.37. The normalized spacial score (nSPS) is 19.6. The van der Waals surface area contributed by atoms with Crippen LogP contribution in [0.5, 0.6) is 0 Å². The predicted octanol–water partition coefficient (Wildman–Crippen LogP) is 3.14. The first-order valence-electron chi connectivity index (χ1n) is 7.47. The Bertz CT molecular complexity index is 839. The molecular formula is C16H18ClN3O2S. The van der Waals surface area contributed by atoms with Crippen LogP contribution in [0.4, 0.5) is 0 Å². The summed E-state index contributed by atoms with van der Waals surface area (Å²) in [6.45, 7) is 4.07. The number of hydrogen-bond acceptors (Lipinski definition) is 4. The van der Waals surface area contributed by atoms with E-state index in [0.717, 1.165) is 17.3 Å². The average molecular weight is 352 g/mol. The maximum Gasteiger partial charge on any atom is 0.171 e. The van der Waals surface area contributed by atoms with Crippen molar-refractivity contribution in [2.75, 3.05) is 5.75 Å². The summed E-state index contributed by atoms with van der Waals surface area (Å²) in [5.41, 5.74) is 0.869. The first kappa shape index (κ1) is 16.2. The van der Waals surface area contributed by atoms with Crippen molar-refractivity contribution in [1.29, 1.82) is 0 Å². The fourth-order valence-electron chi connectivity index (χ4n) is 2.53. The van der Waals surface area contributed by atoms with Crippen molar-refractivity contribution in [2.45, 2.75) is 26.2 Å². The molecule has 0 fully saturated rings. The molecule has 1 aromatic carbocycles. The van der Waals surface area contributed by atoms with Crippen LogP contribution in [0.3, 0.4) is 0 Å². The zero-order valence-electron chi connectivity index (χ0n) is 13.0. The number of hydrogen-bond donors (Lipinski definition) is 0. The highest BCUT2D eigenvalue weighted by molar-refractivity contribution is 7.94. The Morgan fingerprint density at radius 1 is 1.30 bits per heavy atom. The van der Waals surface area contributed by atoms with E-state index in [9.17, 15) is 8.42 Å². The lowest BCUT2D eigenvalue weighted by molar-refractivity contribution is 0.593. The van der Waals surface area contributed by atoms with Crippen molar-refractivity contribution < 1.29 is 8.42 Å². The molecule has 7 heteroatoms. The third-order valence-corrected chi connectivity index (χ3v) is 5.44. The lowest BCUT2D eigenvalue weighted by Gasteiger charge is -2.08. The molecule has 0 spiro atoms. The summed E-state index contributed by atoms with van der Waals surface area (Å²) in [5.74, 6) is 1.79. The Labute approximate surface area is 140 Å². The Morgan fingerprint density at radius 3 is 2.57 bits per heavy atom. The van der Waals surface area contributed by atoms with Crippen LogP contribution >= 0.6 is 11.6 Å². The van der Waals surface area contributed by atoms with Gasteiger partial charge in [0.2, 0.25) is 0 Å². The van der Waals surface area contributed by atoms with E-state index >= 15 is 0 Å². The molecule has 0 saturated carbocycles. The predicted molar refractivity (Wildman–Crippen MR) is 90.6 cm³/mol. The highest BCUT2D eigenvalue weighted by atomic mass is 35.5. The van der Waals surface area contributed by atoms with Gasteiger partial charge in [0.15, 0.2) is 15.7 Å². The van der Waals surface area contributed by atoms with E-state index in [1.807, 2.05) is 26.0 Å². The van der Waals surface area contributed by atoms with Gasteiger partial charge in [0.25, 0.3) is 0 Å². The Balaban J connectivity index is 1.95. The first-order valence-corrected chi connectivity index (χ1v) is 9.56. The number of benzene rings is 1. The monoisotopic (exact) mass is 351 g/mol. The van der Waals surface area contributed by atoms with Crippen LogP contribution in [0.15, 0.2) is 35.7 Å². The van der Waals surface area contributed by atoms with Gasteiger partial charge in [-0.1, -0.05) is 31.5 Å². The van der Waals surface area contributed by atoms with E-state index in [-0.39, 0.29) is 17.6 Å². The highest BCUT2D eigenvalue weighted by Crippen LogP contribution is 2.23. The summed E-state index contributed by atoms with van der Waals surface area (Å²) in [4.78, 5) is 4.61. The van der Waals surface area contributed by atoms with Crippen LogP contribution in [-0.4, -0.2) is 28.9 Å². The summed E-state index contributed by atoms with van der Waals surface area (Å²) in [6.07, 6.45) is 2.28. The van der Waals surface area contributed by atoms with Gasteiger partial charge in [-0.05, 0) is 30.2 Å². The third kappa shape index (κ3) is 3.64. The number of halogens is 1. The molecule has 1 aliphatic rings. The number of rotatable bonds is 4. The topological polar surface area (TPSA) is 64.8 Å². The van der Waals surface area contributed by atoms with Crippen molar-refractivity contribution in [3.8, 4) is 5.69 Å². The molecule has 0 saturated heterocycles. The number of sulfone groups is 1. The molecule has 0 N–H and O–H groups in total. The van der Waals surface area contributed by atoms with Crippen molar-refractivity contribution in [1.82, 2.24) is 14.8 Å². The minimum atomic E-state index is -3.06. The fraction of sp³-hybridized carbons (Fsp3) is 0.375. The summed E-state index contributed by atoms with van der Waals surface area (Å²) in [7, 11) is -3.06. The largest absolute Gasteiger partial charge is 0.224 e. The number of nitrogens with zero attached hydrogens (tertiary/aromatic N) is 3. The van der Waals surface area contributed by atoms with E-state index in [1.165, 1.54) is 5.41 Å². The molecule has 0 radical (unpaired) electrons. The van der Waals surface area contributed by atoms with Gasteiger partial charge in [0.05, 0.1) is 11.4 Å². The summed E-state index contributed by atoms with van der Waals surface area (Å²) in [5, 5.41) is 6.53. The molecule has 0 unspecified atom stereocenters. The first-order chi connectivity index (χ1) is 10.8. The van der Waals surface area contributed by atoms with Gasteiger partial charge in [0, 0.05) is 22.8 Å². The molecule has 2 heterocycles. The van der Waals surface area contributed by atoms with Gasteiger partial charge in [-0.25, -0.2) is 18.1 Å². The smallest absolute Gasteiger partial charge is 0.171 e. The summed E-state index contributed by atoms with van der Waals surface area (Å²) < 4.78 is 25.0. The van der Waals surface area contributed by atoms with Gasteiger partial charge in [-0.2, -0.15) is 5.10 Å². The zero-order valence-corrected chi connectivity index (χ0v) is 14.5. The molecule has 3 rings (SSSR count). The van der Waals surface area contributed by atoms with E-state index in [2.05, 4.69) is 10.1 Å². The van der Waals surface area contributed by atoms with Gasteiger partial charge < -0.3 is 0 Å². The Kier molecular flexibility index (Phi) is 4.29. The minimum Gasteiger partial charge on any atom is -0.224 e. The van der Waals surface area contributed by atoms with Crippen LogP contribution in [0, 0.1) is 5.92 Å². The Morgan fingerprint density at radius 2 is 2.00 bits per heavy atom. The molecule has 5 nitrogen and oxygen atoms in total. The molecule has 122 valence electrons. The van der Waals surface area contributed by atoms with E-state index in [0.29, 0.717) is 11.4 Å². The van der Waals surface area contributed by atoms with Crippen molar-refractivity contribution in [2.24, 2.45) is 5.92 Å². The second-order valence-corrected chi connectivity index (χ2v) is 8.42. The van der Waals surface area contributed by atoms with Crippen molar-refractivity contribution in [3.05, 3.63) is 52.4 Å². The van der Waals surface area contributed by atoms with Crippen LogP contribution in [0.2, 0.25) is 5.02 Å². The molecule has 0 amide bonds. The molecular weight excluding hydrogens is 334 g/mol. The van der Waals surface area contributed by atoms with Crippen LogP contribution in [-0.2, 0) is 16.3 Å². The molecule has 2 aromatic rings. The van der Waals surface area contributed by atoms with Crippen molar-refractivity contribution in [3.63, 3.8) is 0 Å².